The Balaban J connectivity index is 2.02. The van der Waals surface area contributed by atoms with Crippen LogP contribution in [0.25, 0.3) is 0 Å². The number of likely N-dealkylation sites (N-methyl/N-ethyl adjacent to an activating group) is 2. The molecule has 0 radical (unpaired) electrons. The summed E-state index contributed by atoms with van der Waals surface area (Å²) in [5.74, 6) is -0.898. The van der Waals surface area contributed by atoms with E-state index in [4.69, 9.17) is 0 Å². The molecule has 4 nitrogen and oxygen atoms in total. The molecule has 186 valence electrons. The molecule has 2 aromatic carbocycles. The largest absolute Gasteiger partial charge is 0.477 e. The van der Waals surface area contributed by atoms with Gasteiger partial charge in [-0.25, -0.2) is 4.79 Å². The second-order valence-corrected chi connectivity index (χ2v) is 14.7. The summed E-state index contributed by atoms with van der Waals surface area (Å²) in [6.45, 7) is 18.1. The number of carbonyl (C=O) groups is 1. The number of rotatable bonds is 9. The lowest BCUT2D eigenvalue weighted by Gasteiger charge is -2.40. The zero-order chi connectivity index (χ0) is 26.2. The van der Waals surface area contributed by atoms with Crippen molar-refractivity contribution in [2.75, 3.05) is 37.0 Å². The lowest BCUT2D eigenvalue weighted by atomic mass is 9.87. The summed E-state index contributed by atoms with van der Waals surface area (Å²) in [5, 5.41) is 12.4. The minimum atomic E-state index is -2.31. The van der Waals surface area contributed by atoms with Gasteiger partial charge in [0.25, 0.3) is 0 Å². The molecule has 0 atom stereocenters. The number of hydrogen-bond donors (Lipinski definition) is 1. The molecule has 4 rings (SSSR count). The van der Waals surface area contributed by atoms with Crippen molar-refractivity contribution in [1.82, 2.24) is 0 Å². The van der Waals surface area contributed by atoms with Gasteiger partial charge in [0.15, 0.2) is 0 Å². The Hall–Kier alpha value is -3.35. The molecule has 0 saturated carbocycles. The second-order valence-electron chi connectivity index (χ2n) is 9.68. The Kier molecular flexibility index (Phi) is 7.11. The maximum atomic E-state index is 11.8. The van der Waals surface area contributed by atoms with E-state index < -0.39 is 14.0 Å². The first kappa shape index (κ1) is 25.7. The minimum absolute atomic E-state index is 0.0221. The van der Waals surface area contributed by atoms with Crippen LogP contribution in [0.2, 0.25) is 6.55 Å². The molecule has 0 bridgehead atoms. The number of fused-ring (bicyclic) bond motifs is 2. The molecule has 0 saturated heterocycles. The van der Waals surface area contributed by atoms with E-state index in [2.05, 4.69) is 92.3 Å². The molecule has 1 aliphatic rings. The van der Waals surface area contributed by atoms with Crippen molar-refractivity contribution >= 4 is 47.1 Å². The zero-order valence-electron chi connectivity index (χ0n) is 21.5. The van der Waals surface area contributed by atoms with Crippen molar-refractivity contribution in [2.45, 2.75) is 19.4 Å². The number of nitrogens with zero attached hydrogens (tertiary/aromatic N) is 2. The van der Waals surface area contributed by atoms with Crippen LogP contribution in [0.15, 0.2) is 80.1 Å². The number of anilines is 2. The van der Waals surface area contributed by atoms with Crippen molar-refractivity contribution in [3.05, 3.63) is 106 Å². The average Bonchev–Trinajstić information content (AvgIpc) is 3.25. The van der Waals surface area contributed by atoms with E-state index in [9.17, 15) is 9.90 Å². The summed E-state index contributed by atoms with van der Waals surface area (Å²) in [6, 6.07) is 15.3. The number of thiophene rings is 1. The first-order chi connectivity index (χ1) is 17.2. The lowest BCUT2D eigenvalue weighted by Crippen LogP contribution is -2.60. The fourth-order valence-electron chi connectivity index (χ4n) is 5.27. The van der Waals surface area contributed by atoms with Gasteiger partial charge in [0.2, 0.25) is 0 Å². The van der Waals surface area contributed by atoms with Crippen LogP contribution in [0.1, 0.15) is 37.2 Å². The SMILES string of the molecule is C=CCN(C)c1ccc2c(c1)[Si](C)(C=C)c1cc(N(C)CC=C)ccc1C2c1sc(C(=O)O)cc1C. The van der Waals surface area contributed by atoms with Gasteiger partial charge < -0.3 is 14.9 Å². The van der Waals surface area contributed by atoms with Gasteiger partial charge in [0.1, 0.15) is 13.0 Å². The van der Waals surface area contributed by atoms with Gasteiger partial charge in [0, 0.05) is 49.4 Å². The molecular formula is C30H34N2O2SSi. The van der Waals surface area contributed by atoms with Gasteiger partial charge >= 0.3 is 5.97 Å². The van der Waals surface area contributed by atoms with Crippen molar-refractivity contribution in [1.29, 1.82) is 0 Å². The van der Waals surface area contributed by atoms with E-state index in [0.717, 1.165) is 34.9 Å². The molecule has 1 aliphatic heterocycles. The third-order valence-corrected chi connectivity index (χ3v) is 12.6. The molecule has 2 heterocycles. The third kappa shape index (κ3) is 4.25. The fourth-order valence-corrected chi connectivity index (χ4v) is 9.70. The van der Waals surface area contributed by atoms with E-state index in [1.165, 1.54) is 32.8 Å². The highest BCUT2D eigenvalue weighted by Gasteiger charge is 2.42. The number of hydrogen-bond acceptors (Lipinski definition) is 4. The van der Waals surface area contributed by atoms with E-state index in [1.807, 2.05) is 19.1 Å². The second kappa shape index (κ2) is 9.95. The Bertz CT molecular complexity index is 1290. The minimum Gasteiger partial charge on any atom is -0.477 e. The fraction of sp³-hybridized carbons (Fsp3) is 0.233. The molecule has 3 aromatic rings. The Labute approximate surface area is 219 Å². The predicted molar refractivity (Wildman–Crippen MR) is 158 cm³/mol. The van der Waals surface area contributed by atoms with E-state index in [0.29, 0.717) is 4.88 Å². The Morgan fingerprint density at radius 3 is 1.86 bits per heavy atom. The topological polar surface area (TPSA) is 43.8 Å². The predicted octanol–water partition coefficient (Wildman–Crippen LogP) is 5.41. The van der Waals surface area contributed by atoms with Crippen LogP contribution >= 0.6 is 11.3 Å². The maximum Gasteiger partial charge on any atom is 0.345 e. The summed E-state index contributed by atoms with van der Waals surface area (Å²) in [5.41, 5.74) is 7.99. The summed E-state index contributed by atoms with van der Waals surface area (Å²) in [4.78, 5) is 17.7. The summed E-state index contributed by atoms with van der Waals surface area (Å²) < 4.78 is 0. The molecule has 0 aliphatic carbocycles. The van der Waals surface area contributed by atoms with Crippen LogP contribution in [-0.2, 0) is 0 Å². The summed E-state index contributed by atoms with van der Waals surface area (Å²) in [6.07, 6.45) is 3.82. The number of benzene rings is 2. The van der Waals surface area contributed by atoms with Crippen molar-refractivity contribution < 1.29 is 9.90 Å². The molecule has 0 amide bonds. The van der Waals surface area contributed by atoms with Crippen LogP contribution in [0.4, 0.5) is 11.4 Å². The Morgan fingerprint density at radius 1 is 0.972 bits per heavy atom. The van der Waals surface area contributed by atoms with Crippen molar-refractivity contribution in [3.8, 4) is 0 Å². The molecule has 1 aromatic heterocycles. The Morgan fingerprint density at radius 2 is 1.47 bits per heavy atom. The van der Waals surface area contributed by atoms with Crippen molar-refractivity contribution in [2.24, 2.45) is 0 Å². The third-order valence-electron chi connectivity index (χ3n) is 7.34. The molecule has 0 spiro atoms. The number of aryl methyl sites for hydroxylation is 1. The summed E-state index contributed by atoms with van der Waals surface area (Å²) in [7, 11) is 1.85. The highest BCUT2D eigenvalue weighted by atomic mass is 32.1. The first-order valence-electron chi connectivity index (χ1n) is 12.1. The monoisotopic (exact) mass is 514 g/mol. The summed E-state index contributed by atoms with van der Waals surface area (Å²) >= 11 is 1.39. The lowest BCUT2D eigenvalue weighted by molar-refractivity contribution is 0.0702. The molecule has 36 heavy (non-hydrogen) atoms. The van der Waals surface area contributed by atoms with Gasteiger partial charge in [0.05, 0.1) is 0 Å². The van der Waals surface area contributed by atoms with Gasteiger partial charge in [-0.15, -0.1) is 31.1 Å². The van der Waals surface area contributed by atoms with Gasteiger partial charge in [-0.3, -0.25) is 0 Å². The van der Waals surface area contributed by atoms with Crippen LogP contribution in [0.3, 0.4) is 0 Å². The number of aromatic carboxylic acids is 1. The molecule has 6 heteroatoms. The quantitative estimate of drug-likeness (QED) is 0.306. The highest BCUT2D eigenvalue weighted by molar-refractivity contribution is 7.14. The smallest absolute Gasteiger partial charge is 0.345 e. The average molecular weight is 515 g/mol. The van der Waals surface area contributed by atoms with Crippen LogP contribution < -0.4 is 20.2 Å². The highest BCUT2D eigenvalue weighted by Crippen LogP contribution is 2.42. The van der Waals surface area contributed by atoms with E-state index in [-0.39, 0.29) is 5.92 Å². The zero-order valence-corrected chi connectivity index (χ0v) is 23.4. The van der Waals surface area contributed by atoms with Crippen LogP contribution in [0.5, 0.6) is 0 Å². The number of carboxylic acids is 1. The van der Waals surface area contributed by atoms with Crippen LogP contribution in [-0.4, -0.2) is 46.3 Å². The van der Waals surface area contributed by atoms with Gasteiger partial charge in [-0.2, -0.15) is 0 Å². The van der Waals surface area contributed by atoms with Crippen molar-refractivity contribution in [3.63, 3.8) is 0 Å². The maximum absolute atomic E-state index is 11.8. The normalized spacial score (nSPS) is 18.1. The number of carboxylic acid groups (broad SMARTS) is 1. The van der Waals surface area contributed by atoms with Gasteiger partial charge in [-0.05, 0) is 64.3 Å². The first-order valence-corrected chi connectivity index (χ1v) is 15.5. The molecule has 0 fully saturated rings. The molecule has 1 N–H and O–H groups in total. The molecular weight excluding hydrogens is 480 g/mol. The molecule has 0 unspecified atom stereocenters. The van der Waals surface area contributed by atoms with E-state index in [1.54, 1.807) is 6.07 Å². The van der Waals surface area contributed by atoms with E-state index >= 15 is 0 Å². The van der Waals surface area contributed by atoms with Crippen LogP contribution in [0, 0.1) is 6.92 Å². The van der Waals surface area contributed by atoms with Gasteiger partial charge in [-0.1, -0.05) is 36.5 Å². The standard InChI is InChI=1S/C30H34N2O2SSi/c1-8-15-31(5)21-11-13-23-26(18-21)36(7,10-3)27-19-22(32(6)16-9-2)12-14-24(27)28(23)29-20(4)17-25(35-29)30(33)34/h8-14,17-19,28H,1-3,15-16H2,4-7H3,(H,33,34).